The highest BCUT2D eigenvalue weighted by Crippen LogP contribution is 2.39. The zero-order valence-electron chi connectivity index (χ0n) is 30.2. The molecule has 0 aliphatic carbocycles. The Bertz CT molecular complexity index is 1800. The van der Waals surface area contributed by atoms with Crippen LogP contribution >= 0.6 is 23.4 Å². The van der Waals surface area contributed by atoms with Gasteiger partial charge in [-0.2, -0.15) is 0 Å². The Balaban J connectivity index is 0.851. The third-order valence-corrected chi connectivity index (χ3v) is 12.8. The van der Waals surface area contributed by atoms with Gasteiger partial charge in [-0.15, -0.1) is 0 Å². The van der Waals surface area contributed by atoms with E-state index < -0.39 is 0 Å². The molecule has 0 saturated carbocycles. The second-order valence-corrected chi connectivity index (χ2v) is 16.6. The standard InChI is InChI=1S/C38H49ClN10O3S/c1-38(41)13-19-49(20-14-38)31-22-43-37(34(40)45-31)53-29-4-2-3-28(33(29)39)44-35(51)25-11-15-47(16-12-25)23-24-9-17-48(18-10-24)30-7-5-26(21-42-30)27-6-8-32(50)46-36(27)52/h2-5,7,21-22,24-25,27H,6,8-20,23,41H2,1H3,(H2,40,45)(H,44,51)(H,46,50,52). The quantitative estimate of drug-likeness (QED) is 0.222. The number of pyridine rings is 1. The molecule has 1 aromatic carbocycles. The summed E-state index contributed by atoms with van der Waals surface area (Å²) in [5, 5.41) is 6.54. The van der Waals surface area contributed by atoms with Crippen LogP contribution in [0.25, 0.3) is 0 Å². The molecule has 0 spiro atoms. The first-order chi connectivity index (χ1) is 25.5. The van der Waals surface area contributed by atoms with Gasteiger partial charge in [-0.1, -0.05) is 35.5 Å². The summed E-state index contributed by atoms with van der Waals surface area (Å²) in [4.78, 5) is 58.7. The monoisotopic (exact) mass is 760 g/mol. The zero-order chi connectivity index (χ0) is 37.1. The Morgan fingerprint density at radius 2 is 1.70 bits per heavy atom. The van der Waals surface area contributed by atoms with Crippen molar-refractivity contribution in [3.8, 4) is 0 Å². The van der Waals surface area contributed by atoms with Gasteiger partial charge in [-0.25, -0.2) is 15.0 Å². The van der Waals surface area contributed by atoms with Gasteiger partial charge in [-0.3, -0.25) is 19.7 Å². The average Bonchev–Trinajstić information content (AvgIpc) is 3.15. The van der Waals surface area contributed by atoms with Gasteiger partial charge >= 0.3 is 0 Å². The summed E-state index contributed by atoms with van der Waals surface area (Å²) in [6, 6.07) is 9.56. The van der Waals surface area contributed by atoms with Crippen LogP contribution in [0.4, 0.5) is 23.1 Å². The van der Waals surface area contributed by atoms with Gasteiger partial charge in [0.25, 0.3) is 0 Å². The molecular weight excluding hydrogens is 712 g/mol. The van der Waals surface area contributed by atoms with Crippen molar-refractivity contribution in [1.82, 2.24) is 25.2 Å². The molecule has 53 heavy (non-hydrogen) atoms. The van der Waals surface area contributed by atoms with Gasteiger partial charge in [0.05, 0.1) is 22.8 Å². The summed E-state index contributed by atoms with van der Waals surface area (Å²) in [5.41, 5.74) is 13.9. The molecule has 13 nitrogen and oxygen atoms in total. The Hall–Kier alpha value is -3.98. The van der Waals surface area contributed by atoms with Crippen molar-refractivity contribution >= 4 is 64.2 Å². The first kappa shape index (κ1) is 37.3. The van der Waals surface area contributed by atoms with Crippen molar-refractivity contribution < 1.29 is 14.4 Å². The number of likely N-dealkylation sites (tertiary alicyclic amines) is 1. The van der Waals surface area contributed by atoms with E-state index in [2.05, 4.69) is 47.2 Å². The lowest BCUT2D eigenvalue weighted by Gasteiger charge is -2.37. The van der Waals surface area contributed by atoms with E-state index in [-0.39, 0.29) is 35.1 Å². The number of piperidine rings is 4. The highest BCUT2D eigenvalue weighted by atomic mass is 35.5. The third kappa shape index (κ3) is 9.05. The number of anilines is 4. The minimum absolute atomic E-state index is 0.00287. The number of amides is 3. The van der Waals surface area contributed by atoms with Crippen LogP contribution in [-0.4, -0.2) is 88.9 Å². The first-order valence-electron chi connectivity index (χ1n) is 18.7. The van der Waals surface area contributed by atoms with Crippen molar-refractivity contribution in [3.05, 3.63) is 53.3 Å². The third-order valence-electron chi connectivity index (χ3n) is 11.2. The van der Waals surface area contributed by atoms with E-state index in [0.29, 0.717) is 40.3 Å². The lowest BCUT2D eigenvalue weighted by molar-refractivity contribution is -0.134. The Kier molecular flexibility index (Phi) is 11.4. The lowest BCUT2D eigenvalue weighted by Crippen LogP contribution is -2.48. The number of benzene rings is 1. The van der Waals surface area contributed by atoms with Crippen LogP contribution in [0.15, 0.2) is 52.6 Å². The number of halogens is 1. The van der Waals surface area contributed by atoms with Crippen LogP contribution in [0.5, 0.6) is 0 Å². The number of carbonyl (C=O) groups is 3. The minimum atomic E-state index is -0.316. The number of hydrogen-bond donors (Lipinski definition) is 4. The molecule has 0 radical (unpaired) electrons. The minimum Gasteiger partial charge on any atom is -0.381 e. The van der Waals surface area contributed by atoms with Crippen molar-refractivity contribution in [1.29, 1.82) is 0 Å². The molecule has 3 amide bonds. The fraction of sp³-hybridized carbons (Fsp3) is 0.526. The maximum absolute atomic E-state index is 13.4. The predicted octanol–water partition coefficient (Wildman–Crippen LogP) is 4.66. The van der Waals surface area contributed by atoms with Crippen LogP contribution < -0.4 is 31.9 Å². The summed E-state index contributed by atoms with van der Waals surface area (Å²) >= 11 is 8.16. The number of nitrogens with zero attached hydrogens (tertiary/aromatic N) is 6. The van der Waals surface area contributed by atoms with Crippen molar-refractivity contribution in [2.75, 3.05) is 66.7 Å². The van der Waals surface area contributed by atoms with Gasteiger partial charge in [0, 0.05) is 61.7 Å². The summed E-state index contributed by atoms with van der Waals surface area (Å²) < 4.78 is 0. The van der Waals surface area contributed by atoms with E-state index >= 15 is 0 Å². The largest absolute Gasteiger partial charge is 0.381 e. The molecule has 3 aromatic rings. The summed E-state index contributed by atoms with van der Waals surface area (Å²) in [6.07, 6.45) is 9.95. The van der Waals surface area contributed by atoms with Gasteiger partial charge in [-0.05, 0) is 94.6 Å². The number of nitrogen functional groups attached to an aromatic ring is 1. The summed E-state index contributed by atoms with van der Waals surface area (Å²) in [7, 11) is 0. The highest BCUT2D eigenvalue weighted by molar-refractivity contribution is 7.99. The number of imide groups is 1. The summed E-state index contributed by atoms with van der Waals surface area (Å²) in [6.45, 7) is 8.39. The number of rotatable bonds is 9. The Morgan fingerprint density at radius 3 is 2.38 bits per heavy atom. The van der Waals surface area contributed by atoms with Crippen LogP contribution in [-0.2, 0) is 14.4 Å². The molecule has 4 fully saturated rings. The van der Waals surface area contributed by atoms with Crippen LogP contribution in [0.2, 0.25) is 5.02 Å². The van der Waals surface area contributed by atoms with Gasteiger partial charge in [0.2, 0.25) is 17.7 Å². The van der Waals surface area contributed by atoms with E-state index in [0.717, 1.165) is 106 Å². The SMILES string of the molecule is CC1(N)CCN(c2cnc(Sc3cccc(NC(=O)C4CCN(CC5CCN(c6ccc(C7CCC(=O)NC7=O)cn6)CC5)CC4)c3Cl)c(N)n2)CC1. The predicted molar refractivity (Wildman–Crippen MR) is 208 cm³/mol. The summed E-state index contributed by atoms with van der Waals surface area (Å²) in [5.74, 6) is 1.78. The van der Waals surface area contributed by atoms with Gasteiger partial charge < -0.3 is 31.5 Å². The molecule has 15 heteroatoms. The molecule has 7 rings (SSSR count). The number of carbonyl (C=O) groups excluding carboxylic acids is 3. The molecule has 4 aliphatic rings. The Morgan fingerprint density at radius 1 is 0.962 bits per heavy atom. The topological polar surface area (TPSA) is 176 Å². The van der Waals surface area contributed by atoms with E-state index in [1.54, 1.807) is 12.4 Å². The van der Waals surface area contributed by atoms with Gasteiger partial charge in [0.1, 0.15) is 16.7 Å². The lowest BCUT2D eigenvalue weighted by atomic mass is 9.91. The molecule has 6 N–H and O–H groups in total. The molecule has 1 atom stereocenters. The number of nitrogens with two attached hydrogens (primary N) is 2. The molecule has 0 bridgehead atoms. The Labute approximate surface area is 320 Å². The van der Waals surface area contributed by atoms with Crippen LogP contribution in [0.3, 0.4) is 0 Å². The molecule has 6 heterocycles. The van der Waals surface area contributed by atoms with Gasteiger partial charge in [0.15, 0.2) is 5.82 Å². The first-order valence-corrected chi connectivity index (χ1v) is 19.9. The second kappa shape index (κ2) is 16.2. The van der Waals surface area contributed by atoms with E-state index in [1.807, 2.05) is 30.3 Å². The average molecular weight is 761 g/mol. The molecule has 2 aromatic heterocycles. The molecule has 282 valence electrons. The van der Waals surface area contributed by atoms with Crippen molar-refractivity contribution in [2.45, 2.75) is 79.7 Å². The number of aromatic nitrogens is 3. The number of nitrogens with one attached hydrogen (secondary N) is 2. The number of hydrogen-bond acceptors (Lipinski definition) is 12. The maximum atomic E-state index is 13.4. The van der Waals surface area contributed by atoms with E-state index in [1.165, 1.54) is 11.8 Å². The van der Waals surface area contributed by atoms with Crippen molar-refractivity contribution in [2.24, 2.45) is 17.6 Å². The highest BCUT2D eigenvalue weighted by Gasteiger charge is 2.31. The molecular formula is C38H49ClN10O3S. The van der Waals surface area contributed by atoms with Crippen LogP contribution in [0.1, 0.15) is 69.8 Å². The van der Waals surface area contributed by atoms with Crippen LogP contribution in [0, 0.1) is 11.8 Å². The zero-order valence-corrected chi connectivity index (χ0v) is 31.8. The van der Waals surface area contributed by atoms with Crippen molar-refractivity contribution in [3.63, 3.8) is 0 Å². The molecule has 1 unspecified atom stereocenters. The smallest absolute Gasteiger partial charge is 0.234 e. The normalized spacial score (nSPS) is 21.8. The molecule has 4 aliphatic heterocycles. The fourth-order valence-electron chi connectivity index (χ4n) is 7.78. The second-order valence-electron chi connectivity index (χ2n) is 15.2. The molecule has 4 saturated heterocycles. The van der Waals surface area contributed by atoms with E-state index in [9.17, 15) is 14.4 Å². The van der Waals surface area contributed by atoms with E-state index in [4.69, 9.17) is 23.1 Å². The maximum Gasteiger partial charge on any atom is 0.234 e. The fourth-order valence-corrected chi connectivity index (χ4v) is 8.87.